The molecule has 1 heterocycles. The highest BCUT2D eigenvalue weighted by Crippen LogP contribution is 2.42. The van der Waals surface area contributed by atoms with Crippen LogP contribution in [0.15, 0.2) is 35.5 Å². The summed E-state index contributed by atoms with van der Waals surface area (Å²) < 4.78 is 45.0. The number of aryl methyl sites for hydroxylation is 1. The molecule has 1 aliphatic rings. The zero-order chi connectivity index (χ0) is 22.6. The molecule has 2 aromatic rings. The largest absolute Gasteiger partial charge is 0.484 e. The summed E-state index contributed by atoms with van der Waals surface area (Å²) in [5.74, 6) is -1.06. The number of amidine groups is 1. The monoisotopic (exact) mass is 439 g/mol. The second-order valence-electron chi connectivity index (χ2n) is 6.92. The third-order valence-electron chi connectivity index (χ3n) is 4.40. The van der Waals surface area contributed by atoms with Crippen molar-refractivity contribution in [3.63, 3.8) is 0 Å². The lowest BCUT2D eigenvalue weighted by Gasteiger charge is -2.06. The normalized spacial score (nSPS) is 14.4. The Kier molecular flexibility index (Phi) is 6.47. The minimum Gasteiger partial charge on any atom is -0.484 e. The third-order valence-corrected chi connectivity index (χ3v) is 4.40. The van der Waals surface area contributed by atoms with E-state index in [1.165, 1.54) is 28.9 Å². The van der Waals surface area contributed by atoms with Gasteiger partial charge in [-0.15, -0.1) is 0 Å². The predicted octanol–water partition coefficient (Wildman–Crippen LogP) is 1.90. The van der Waals surface area contributed by atoms with E-state index < -0.39 is 23.7 Å². The van der Waals surface area contributed by atoms with Gasteiger partial charge in [-0.3, -0.25) is 9.48 Å². The topological polar surface area (TPSA) is 135 Å². The van der Waals surface area contributed by atoms with Crippen LogP contribution >= 0.6 is 0 Å². The molecule has 0 unspecified atom stereocenters. The van der Waals surface area contributed by atoms with Gasteiger partial charge in [0.15, 0.2) is 18.1 Å². The lowest BCUT2D eigenvalue weighted by atomic mass is 10.2. The van der Waals surface area contributed by atoms with Gasteiger partial charge in [-0.05, 0) is 43.2 Å². The molecule has 0 spiro atoms. The van der Waals surface area contributed by atoms with E-state index in [-0.39, 0.29) is 31.3 Å². The highest BCUT2D eigenvalue weighted by molar-refractivity contribution is 5.97. The average Bonchev–Trinajstić information content (AvgIpc) is 3.47. The number of rotatable bonds is 9. The summed E-state index contributed by atoms with van der Waals surface area (Å²) in [7, 11) is 0. The SMILES string of the molecule is NC(=O)COc1ccc(/C(N)=N/OC(=O)CCn2nc(C(F)(F)F)cc2C2CC2)cc1. The molecule has 1 fully saturated rings. The van der Waals surface area contributed by atoms with Gasteiger partial charge >= 0.3 is 12.1 Å². The second-order valence-corrected chi connectivity index (χ2v) is 6.92. The number of hydrogen-bond donors (Lipinski definition) is 2. The van der Waals surface area contributed by atoms with Crippen LogP contribution in [0.1, 0.15) is 42.1 Å². The average molecular weight is 439 g/mol. The fourth-order valence-electron chi connectivity index (χ4n) is 2.73. The molecule has 12 heteroatoms. The molecule has 1 aliphatic carbocycles. The van der Waals surface area contributed by atoms with Crippen LogP contribution in [0, 0.1) is 0 Å². The third kappa shape index (κ3) is 6.20. The number of primary amides is 1. The van der Waals surface area contributed by atoms with Crippen LogP contribution in [-0.2, 0) is 27.1 Å². The summed E-state index contributed by atoms with van der Waals surface area (Å²) in [6.07, 6.45) is -3.19. The maximum Gasteiger partial charge on any atom is 0.435 e. The number of aromatic nitrogens is 2. The van der Waals surface area contributed by atoms with Gasteiger partial charge in [-0.25, -0.2) is 4.79 Å². The Morgan fingerprint density at radius 1 is 1.19 bits per heavy atom. The molecule has 0 aliphatic heterocycles. The van der Waals surface area contributed by atoms with E-state index >= 15 is 0 Å². The van der Waals surface area contributed by atoms with E-state index in [0.29, 0.717) is 17.0 Å². The van der Waals surface area contributed by atoms with Gasteiger partial charge in [0.2, 0.25) is 0 Å². The fraction of sp³-hybridized carbons (Fsp3) is 0.368. The van der Waals surface area contributed by atoms with Crippen LogP contribution in [-0.4, -0.2) is 34.1 Å². The number of halogens is 3. The van der Waals surface area contributed by atoms with E-state index in [1.807, 2.05) is 0 Å². The van der Waals surface area contributed by atoms with Crippen LogP contribution in [0.3, 0.4) is 0 Å². The van der Waals surface area contributed by atoms with Crippen molar-refractivity contribution in [2.45, 2.75) is 37.9 Å². The molecule has 0 bridgehead atoms. The van der Waals surface area contributed by atoms with Crippen molar-refractivity contribution in [1.29, 1.82) is 0 Å². The number of alkyl halides is 3. The van der Waals surface area contributed by atoms with E-state index in [2.05, 4.69) is 10.3 Å². The Bertz CT molecular complexity index is 981. The first-order valence-corrected chi connectivity index (χ1v) is 9.33. The molecule has 31 heavy (non-hydrogen) atoms. The van der Waals surface area contributed by atoms with Gasteiger partial charge in [0.1, 0.15) is 5.75 Å². The second kappa shape index (κ2) is 9.06. The van der Waals surface area contributed by atoms with E-state index in [4.69, 9.17) is 21.0 Å². The number of hydrogen-bond acceptors (Lipinski definition) is 6. The van der Waals surface area contributed by atoms with Crippen LogP contribution in [0.2, 0.25) is 0 Å². The van der Waals surface area contributed by atoms with Crippen LogP contribution in [0.4, 0.5) is 13.2 Å². The predicted molar refractivity (Wildman–Crippen MR) is 102 cm³/mol. The lowest BCUT2D eigenvalue weighted by Crippen LogP contribution is -2.20. The number of amides is 1. The molecular weight excluding hydrogens is 419 g/mol. The van der Waals surface area contributed by atoms with Crippen LogP contribution in [0.25, 0.3) is 0 Å². The number of ether oxygens (including phenoxy) is 1. The molecule has 1 aromatic heterocycles. The van der Waals surface area contributed by atoms with Crippen molar-refractivity contribution in [2.75, 3.05) is 6.61 Å². The van der Waals surface area contributed by atoms with E-state index in [9.17, 15) is 22.8 Å². The lowest BCUT2D eigenvalue weighted by molar-refractivity contribution is -0.144. The van der Waals surface area contributed by atoms with Gasteiger partial charge in [0.25, 0.3) is 5.91 Å². The summed E-state index contributed by atoms with van der Waals surface area (Å²) in [5.41, 5.74) is 10.7. The first kappa shape index (κ1) is 22.1. The summed E-state index contributed by atoms with van der Waals surface area (Å²) >= 11 is 0. The molecule has 1 saturated carbocycles. The number of carbonyl (C=O) groups is 2. The van der Waals surface area contributed by atoms with Crippen molar-refractivity contribution in [3.05, 3.63) is 47.3 Å². The minimum atomic E-state index is -4.55. The molecule has 1 amide bonds. The maximum absolute atomic E-state index is 12.9. The number of nitrogens with zero attached hydrogens (tertiary/aromatic N) is 3. The number of nitrogens with two attached hydrogens (primary N) is 2. The number of benzene rings is 1. The summed E-state index contributed by atoms with van der Waals surface area (Å²) in [4.78, 5) is 27.4. The summed E-state index contributed by atoms with van der Waals surface area (Å²) in [6, 6.07) is 7.15. The van der Waals surface area contributed by atoms with Gasteiger partial charge in [0, 0.05) is 17.2 Å². The molecule has 3 rings (SSSR count). The molecule has 4 N–H and O–H groups in total. The molecule has 1 aromatic carbocycles. The minimum absolute atomic E-state index is 0.0307. The molecular formula is C19H20F3N5O4. The standard InChI is InChI=1S/C19H20F3N5O4/c20-19(21,22)15-9-14(11-1-2-11)27(25-15)8-7-17(29)31-26-18(24)12-3-5-13(6-4-12)30-10-16(23)28/h3-6,9,11H,1-2,7-8,10H2,(H2,23,28)(H2,24,26). The molecule has 0 radical (unpaired) electrons. The number of carbonyl (C=O) groups excluding carboxylic acids is 2. The van der Waals surface area contributed by atoms with Gasteiger partial charge < -0.3 is 21.0 Å². The molecule has 9 nitrogen and oxygen atoms in total. The zero-order valence-corrected chi connectivity index (χ0v) is 16.3. The highest BCUT2D eigenvalue weighted by atomic mass is 19.4. The summed E-state index contributed by atoms with van der Waals surface area (Å²) in [6.45, 7) is -0.341. The number of oxime groups is 1. The molecule has 0 saturated heterocycles. The van der Waals surface area contributed by atoms with E-state index in [1.54, 1.807) is 0 Å². The quantitative estimate of drug-likeness (QED) is 0.265. The van der Waals surface area contributed by atoms with Crippen LogP contribution < -0.4 is 16.2 Å². The Balaban J connectivity index is 1.54. The van der Waals surface area contributed by atoms with Gasteiger partial charge in [-0.2, -0.15) is 18.3 Å². The Morgan fingerprint density at radius 2 is 1.87 bits per heavy atom. The smallest absolute Gasteiger partial charge is 0.435 e. The van der Waals surface area contributed by atoms with Crippen molar-refractivity contribution < 1.29 is 32.3 Å². The Morgan fingerprint density at radius 3 is 2.45 bits per heavy atom. The first-order valence-electron chi connectivity index (χ1n) is 9.33. The van der Waals surface area contributed by atoms with Crippen molar-refractivity contribution in [2.24, 2.45) is 16.6 Å². The van der Waals surface area contributed by atoms with Crippen molar-refractivity contribution >= 4 is 17.7 Å². The van der Waals surface area contributed by atoms with Gasteiger partial charge in [-0.1, -0.05) is 5.16 Å². The fourth-order valence-corrected chi connectivity index (χ4v) is 2.73. The maximum atomic E-state index is 12.9. The molecule has 0 atom stereocenters. The highest BCUT2D eigenvalue weighted by Gasteiger charge is 2.37. The Labute approximate surface area is 174 Å². The zero-order valence-electron chi connectivity index (χ0n) is 16.3. The van der Waals surface area contributed by atoms with Crippen molar-refractivity contribution in [3.8, 4) is 5.75 Å². The first-order chi connectivity index (χ1) is 14.6. The summed E-state index contributed by atoms with van der Waals surface area (Å²) in [5, 5.41) is 7.12. The van der Waals surface area contributed by atoms with Crippen molar-refractivity contribution in [1.82, 2.24) is 9.78 Å². The Hall–Kier alpha value is -3.57. The van der Waals surface area contributed by atoms with E-state index in [0.717, 1.165) is 18.9 Å². The van der Waals surface area contributed by atoms with Crippen LogP contribution in [0.5, 0.6) is 5.75 Å². The molecule has 166 valence electrons. The van der Waals surface area contributed by atoms with Gasteiger partial charge in [0.05, 0.1) is 13.0 Å².